The highest BCUT2D eigenvalue weighted by Gasteiger charge is 2.17. The van der Waals surface area contributed by atoms with Gasteiger partial charge < -0.3 is 18.6 Å². The Morgan fingerprint density at radius 3 is 2.36 bits per heavy atom. The van der Waals surface area contributed by atoms with E-state index in [1.165, 1.54) is 11.8 Å². The Balaban J connectivity index is 1.81. The maximum absolute atomic E-state index is 5.74. The smallest absolute Gasteiger partial charge is 0.277 e. The maximum atomic E-state index is 5.74. The van der Waals surface area contributed by atoms with Gasteiger partial charge in [-0.2, -0.15) is 0 Å². The lowest BCUT2D eigenvalue weighted by molar-refractivity contribution is 0.324. The number of benzene rings is 1. The highest BCUT2D eigenvalue weighted by atomic mass is 32.2. The molecule has 0 saturated carbocycles. The molecule has 0 amide bonds. The highest BCUT2D eigenvalue weighted by Crippen LogP contribution is 2.41. The van der Waals surface area contributed by atoms with Crippen molar-refractivity contribution in [3.8, 4) is 28.7 Å². The molecule has 0 atom stereocenters. The predicted molar refractivity (Wildman–Crippen MR) is 95.8 cm³/mol. The van der Waals surface area contributed by atoms with Gasteiger partial charge in [0.15, 0.2) is 11.5 Å². The molecule has 0 N–H and O–H groups in total. The largest absolute Gasteiger partial charge is 0.493 e. The summed E-state index contributed by atoms with van der Waals surface area (Å²) in [5, 5.41) is 11.7. The Bertz CT molecular complexity index is 838. The molecule has 0 fully saturated rings. The van der Waals surface area contributed by atoms with Gasteiger partial charge in [0.1, 0.15) is 0 Å². The highest BCUT2D eigenvalue weighted by molar-refractivity contribution is 7.98. The Labute approximate surface area is 153 Å². The van der Waals surface area contributed by atoms with Crippen molar-refractivity contribution in [3.05, 3.63) is 28.2 Å². The summed E-state index contributed by atoms with van der Waals surface area (Å²) in [7, 11) is 4.68. The molecule has 0 spiro atoms. The molecular weight excluding hydrogens is 362 g/mol. The molecule has 2 aromatic heterocycles. The average molecular weight is 379 g/mol. The molecule has 9 heteroatoms. The van der Waals surface area contributed by atoms with Crippen molar-refractivity contribution in [1.29, 1.82) is 0 Å². The molecule has 0 saturated heterocycles. The lowest BCUT2D eigenvalue weighted by Gasteiger charge is -2.12. The van der Waals surface area contributed by atoms with Crippen LogP contribution in [-0.2, 0) is 5.75 Å². The van der Waals surface area contributed by atoms with Gasteiger partial charge in [-0.25, -0.2) is 4.98 Å². The Hall–Kier alpha value is -2.26. The summed E-state index contributed by atoms with van der Waals surface area (Å²) in [6.45, 7) is 1.98. The van der Waals surface area contributed by atoms with Crippen LogP contribution in [0, 0.1) is 6.92 Å². The minimum absolute atomic E-state index is 0.385. The molecule has 0 radical (unpaired) electrons. The van der Waals surface area contributed by atoms with E-state index in [4.69, 9.17) is 18.6 Å². The van der Waals surface area contributed by atoms with E-state index in [9.17, 15) is 0 Å². The lowest BCUT2D eigenvalue weighted by atomic mass is 10.2. The lowest BCUT2D eigenvalue weighted by Crippen LogP contribution is -1.95. The number of aryl methyl sites for hydroxylation is 1. The van der Waals surface area contributed by atoms with Crippen molar-refractivity contribution in [2.75, 3.05) is 21.3 Å². The number of hydrogen-bond donors (Lipinski definition) is 0. The fourth-order valence-corrected chi connectivity index (χ4v) is 3.57. The third kappa shape index (κ3) is 3.88. The Morgan fingerprint density at radius 2 is 1.80 bits per heavy atom. The molecule has 0 bridgehead atoms. The molecule has 0 aliphatic heterocycles. The van der Waals surface area contributed by atoms with Crippen molar-refractivity contribution in [2.24, 2.45) is 0 Å². The minimum atomic E-state index is 0.385. The van der Waals surface area contributed by atoms with Crippen molar-refractivity contribution in [1.82, 2.24) is 15.2 Å². The number of thiazole rings is 1. The van der Waals surface area contributed by atoms with Crippen LogP contribution in [0.2, 0.25) is 0 Å². The van der Waals surface area contributed by atoms with Crippen LogP contribution in [0.4, 0.5) is 0 Å². The second-order valence-corrected chi connectivity index (χ2v) is 6.92. The summed E-state index contributed by atoms with van der Waals surface area (Å²) in [6.07, 6.45) is 0. The quantitative estimate of drug-likeness (QED) is 0.573. The molecule has 0 aliphatic rings. The fourth-order valence-electron chi connectivity index (χ4n) is 2.20. The SMILES string of the molecule is COc1cc(-c2nnc(SCc3csc(C)n3)o2)cc(OC)c1OC. The van der Waals surface area contributed by atoms with Gasteiger partial charge >= 0.3 is 0 Å². The molecule has 1 aromatic carbocycles. The summed E-state index contributed by atoms with van der Waals surface area (Å²) in [5.74, 6) is 2.64. The number of ether oxygens (including phenoxy) is 3. The number of nitrogens with zero attached hydrogens (tertiary/aromatic N) is 3. The molecular formula is C16H17N3O4S2. The second-order valence-electron chi connectivity index (χ2n) is 4.93. The Kier molecular flexibility index (Phi) is 5.44. The van der Waals surface area contributed by atoms with Crippen molar-refractivity contribution in [3.63, 3.8) is 0 Å². The van der Waals surface area contributed by atoms with Crippen LogP contribution in [-0.4, -0.2) is 36.5 Å². The predicted octanol–water partition coefficient (Wildman–Crippen LogP) is 3.82. The van der Waals surface area contributed by atoms with E-state index < -0.39 is 0 Å². The Morgan fingerprint density at radius 1 is 1.08 bits per heavy atom. The first-order chi connectivity index (χ1) is 12.1. The molecule has 3 rings (SSSR count). The van der Waals surface area contributed by atoms with Gasteiger partial charge in [-0.1, -0.05) is 11.8 Å². The van der Waals surface area contributed by atoms with E-state index >= 15 is 0 Å². The van der Waals surface area contributed by atoms with Gasteiger partial charge in [-0.3, -0.25) is 0 Å². The topological polar surface area (TPSA) is 79.5 Å². The zero-order chi connectivity index (χ0) is 17.8. The van der Waals surface area contributed by atoms with Gasteiger partial charge in [0, 0.05) is 16.7 Å². The van der Waals surface area contributed by atoms with Gasteiger partial charge in [-0.15, -0.1) is 21.5 Å². The van der Waals surface area contributed by atoms with Crippen LogP contribution in [0.5, 0.6) is 17.2 Å². The van der Waals surface area contributed by atoms with Crippen LogP contribution in [0.25, 0.3) is 11.5 Å². The zero-order valence-electron chi connectivity index (χ0n) is 14.2. The van der Waals surface area contributed by atoms with Crippen LogP contribution < -0.4 is 14.2 Å². The van der Waals surface area contributed by atoms with Crippen LogP contribution in [0.3, 0.4) is 0 Å². The molecule has 3 aromatic rings. The van der Waals surface area contributed by atoms with Crippen molar-refractivity contribution in [2.45, 2.75) is 17.9 Å². The van der Waals surface area contributed by atoms with Gasteiger partial charge in [0.05, 0.1) is 32.0 Å². The first kappa shape index (κ1) is 17.6. The third-order valence-corrected chi connectivity index (χ3v) is 5.00. The fraction of sp³-hybridized carbons (Fsp3) is 0.312. The molecule has 25 heavy (non-hydrogen) atoms. The zero-order valence-corrected chi connectivity index (χ0v) is 15.9. The van der Waals surface area contributed by atoms with Crippen LogP contribution >= 0.6 is 23.1 Å². The van der Waals surface area contributed by atoms with Crippen LogP contribution in [0.15, 0.2) is 27.2 Å². The maximum Gasteiger partial charge on any atom is 0.277 e. The van der Waals surface area contributed by atoms with E-state index in [-0.39, 0.29) is 0 Å². The standard InChI is InChI=1S/C16H17N3O4S2/c1-9-17-11(7-24-9)8-25-16-19-18-15(23-16)10-5-12(20-2)14(22-4)13(6-10)21-3/h5-7H,8H2,1-4H3. The van der Waals surface area contributed by atoms with Crippen molar-refractivity contribution < 1.29 is 18.6 Å². The van der Waals surface area contributed by atoms with Gasteiger partial charge in [0.2, 0.25) is 11.6 Å². The van der Waals surface area contributed by atoms with Gasteiger partial charge in [0.25, 0.3) is 5.22 Å². The number of thioether (sulfide) groups is 1. The van der Waals surface area contributed by atoms with Gasteiger partial charge in [-0.05, 0) is 19.1 Å². The minimum Gasteiger partial charge on any atom is -0.493 e. The number of aromatic nitrogens is 3. The number of hydrogen-bond acceptors (Lipinski definition) is 9. The van der Waals surface area contributed by atoms with E-state index in [1.807, 2.05) is 12.3 Å². The summed E-state index contributed by atoms with van der Waals surface area (Å²) in [5.41, 5.74) is 1.69. The molecule has 0 unspecified atom stereocenters. The molecule has 7 nitrogen and oxygen atoms in total. The van der Waals surface area contributed by atoms with E-state index in [1.54, 1.807) is 44.8 Å². The number of rotatable bonds is 7. The van der Waals surface area contributed by atoms with E-state index in [0.29, 0.717) is 39.7 Å². The molecule has 2 heterocycles. The van der Waals surface area contributed by atoms with E-state index in [0.717, 1.165) is 10.7 Å². The summed E-state index contributed by atoms with van der Waals surface area (Å²) in [6, 6.07) is 3.54. The summed E-state index contributed by atoms with van der Waals surface area (Å²) < 4.78 is 21.7. The van der Waals surface area contributed by atoms with E-state index in [2.05, 4.69) is 15.2 Å². The van der Waals surface area contributed by atoms with Crippen molar-refractivity contribution >= 4 is 23.1 Å². The molecule has 132 valence electrons. The number of methoxy groups -OCH3 is 3. The average Bonchev–Trinajstić information content (AvgIpc) is 3.27. The monoisotopic (exact) mass is 379 g/mol. The summed E-state index contributed by atoms with van der Waals surface area (Å²) in [4.78, 5) is 4.42. The normalized spacial score (nSPS) is 10.7. The second kappa shape index (κ2) is 7.75. The summed E-state index contributed by atoms with van der Waals surface area (Å²) >= 11 is 3.07. The first-order valence-electron chi connectivity index (χ1n) is 7.32. The van der Waals surface area contributed by atoms with Crippen LogP contribution in [0.1, 0.15) is 10.7 Å². The molecule has 0 aliphatic carbocycles. The first-order valence-corrected chi connectivity index (χ1v) is 9.18. The third-order valence-electron chi connectivity index (χ3n) is 3.33.